The van der Waals surface area contributed by atoms with Gasteiger partial charge in [-0.2, -0.15) is 0 Å². The second-order valence-corrected chi connectivity index (χ2v) is 6.33. The number of nitrogens with zero attached hydrogens (tertiary/aromatic N) is 1. The summed E-state index contributed by atoms with van der Waals surface area (Å²) in [4.78, 5) is 28.5. The van der Waals surface area contributed by atoms with Gasteiger partial charge in [-0.1, -0.05) is 32.0 Å². The number of aromatic nitrogens is 1. The predicted molar refractivity (Wildman–Crippen MR) is 90.4 cm³/mol. The summed E-state index contributed by atoms with van der Waals surface area (Å²) in [5.41, 5.74) is 3.01. The Labute approximate surface area is 136 Å². The van der Waals surface area contributed by atoms with Crippen LogP contribution in [0.3, 0.4) is 0 Å². The lowest BCUT2D eigenvalue weighted by atomic mass is 10.1. The van der Waals surface area contributed by atoms with Crippen molar-refractivity contribution in [2.45, 2.75) is 33.6 Å². The molecule has 1 heterocycles. The highest BCUT2D eigenvalue weighted by molar-refractivity contribution is 5.90. The van der Waals surface area contributed by atoms with Gasteiger partial charge >= 0.3 is 5.97 Å². The van der Waals surface area contributed by atoms with Gasteiger partial charge in [0.25, 0.3) is 0 Å². The number of carbonyl (C=O) groups is 2. The summed E-state index contributed by atoms with van der Waals surface area (Å²) < 4.78 is 0. The lowest BCUT2D eigenvalue weighted by molar-refractivity contribution is -0.138. The zero-order valence-electron chi connectivity index (χ0n) is 13.9. The lowest BCUT2D eigenvalue weighted by Gasteiger charge is -2.24. The monoisotopic (exact) mass is 316 g/mol. The number of carboxylic acids is 1. The number of hydrogen-bond acceptors (Lipinski definition) is 2. The minimum absolute atomic E-state index is 0.0206. The van der Waals surface area contributed by atoms with Crippen molar-refractivity contribution >= 4 is 22.8 Å². The molecule has 0 aliphatic carbocycles. The second-order valence-electron chi connectivity index (χ2n) is 6.33. The number of carboxylic acid groups (broad SMARTS) is 1. The maximum absolute atomic E-state index is 12.7. The van der Waals surface area contributed by atoms with Gasteiger partial charge in [-0.3, -0.25) is 9.59 Å². The fourth-order valence-electron chi connectivity index (χ4n) is 2.81. The molecule has 0 spiro atoms. The summed E-state index contributed by atoms with van der Waals surface area (Å²) in [6, 6.07) is 7.92. The van der Waals surface area contributed by atoms with Crippen molar-refractivity contribution in [1.82, 2.24) is 9.88 Å². The molecule has 1 amide bonds. The van der Waals surface area contributed by atoms with Crippen LogP contribution in [0.1, 0.15) is 31.5 Å². The standard InChI is InChI=1S/C18H24N2O3/c1-12(2)11-20(9-8-18(22)23)17(21)10-15-13(3)19-16-7-5-4-6-14(15)16/h4-7,12,19H,8-11H2,1-3H3,(H,22,23). The van der Waals surface area contributed by atoms with E-state index in [0.717, 1.165) is 22.2 Å². The second kappa shape index (κ2) is 7.31. The molecule has 0 radical (unpaired) electrons. The lowest BCUT2D eigenvalue weighted by Crippen LogP contribution is -2.37. The molecule has 2 aromatic rings. The number of benzene rings is 1. The molecule has 0 aliphatic heterocycles. The van der Waals surface area contributed by atoms with Crippen molar-refractivity contribution in [3.63, 3.8) is 0 Å². The maximum Gasteiger partial charge on any atom is 0.305 e. The number of rotatable bonds is 7. The molecule has 0 aliphatic rings. The van der Waals surface area contributed by atoms with Crippen LogP contribution >= 0.6 is 0 Å². The summed E-state index contributed by atoms with van der Waals surface area (Å²) in [7, 11) is 0. The maximum atomic E-state index is 12.7. The van der Waals surface area contributed by atoms with Crippen LogP contribution < -0.4 is 0 Å². The average molecular weight is 316 g/mol. The Morgan fingerprint density at radius 1 is 1.26 bits per heavy atom. The first kappa shape index (κ1) is 17.1. The van der Waals surface area contributed by atoms with E-state index >= 15 is 0 Å². The minimum atomic E-state index is -0.880. The quantitative estimate of drug-likeness (QED) is 0.824. The number of amides is 1. The number of aromatic amines is 1. The van der Waals surface area contributed by atoms with Crippen LogP contribution in [0, 0.1) is 12.8 Å². The summed E-state index contributed by atoms with van der Waals surface area (Å²) in [6.45, 7) is 6.85. The normalized spacial score (nSPS) is 11.1. The Hall–Kier alpha value is -2.30. The average Bonchev–Trinajstić information content (AvgIpc) is 2.79. The minimum Gasteiger partial charge on any atom is -0.481 e. The van der Waals surface area contributed by atoms with E-state index in [1.165, 1.54) is 0 Å². The van der Waals surface area contributed by atoms with Crippen molar-refractivity contribution in [3.05, 3.63) is 35.5 Å². The smallest absolute Gasteiger partial charge is 0.305 e. The van der Waals surface area contributed by atoms with Crippen LogP contribution in [-0.2, 0) is 16.0 Å². The number of aryl methyl sites for hydroxylation is 1. The van der Waals surface area contributed by atoms with Crippen molar-refractivity contribution in [2.24, 2.45) is 5.92 Å². The highest BCUT2D eigenvalue weighted by atomic mass is 16.4. The predicted octanol–water partition coefficient (Wildman–Crippen LogP) is 2.98. The van der Waals surface area contributed by atoms with Crippen LogP contribution in [0.5, 0.6) is 0 Å². The van der Waals surface area contributed by atoms with E-state index in [0.29, 0.717) is 18.9 Å². The third kappa shape index (κ3) is 4.34. The SMILES string of the molecule is Cc1[nH]c2ccccc2c1CC(=O)N(CCC(=O)O)CC(C)C. The summed E-state index contributed by atoms with van der Waals surface area (Å²) >= 11 is 0. The molecule has 0 fully saturated rings. The molecule has 2 N–H and O–H groups in total. The van der Waals surface area contributed by atoms with Crippen LogP contribution in [-0.4, -0.2) is 40.0 Å². The Morgan fingerprint density at radius 2 is 1.96 bits per heavy atom. The number of para-hydroxylation sites is 1. The molecular formula is C18H24N2O3. The molecule has 0 atom stereocenters. The molecule has 23 heavy (non-hydrogen) atoms. The first-order valence-electron chi connectivity index (χ1n) is 7.94. The third-order valence-electron chi connectivity index (χ3n) is 3.89. The molecule has 0 unspecified atom stereocenters. The molecule has 0 saturated carbocycles. The molecule has 5 heteroatoms. The van der Waals surface area contributed by atoms with Crippen molar-refractivity contribution in [1.29, 1.82) is 0 Å². The van der Waals surface area contributed by atoms with Crippen molar-refractivity contribution < 1.29 is 14.7 Å². The van der Waals surface area contributed by atoms with Gasteiger partial charge in [0.1, 0.15) is 0 Å². The van der Waals surface area contributed by atoms with Crippen LogP contribution in [0.4, 0.5) is 0 Å². The van der Waals surface area contributed by atoms with E-state index in [1.807, 2.05) is 45.0 Å². The first-order valence-corrected chi connectivity index (χ1v) is 7.94. The van der Waals surface area contributed by atoms with Crippen molar-refractivity contribution in [2.75, 3.05) is 13.1 Å². The third-order valence-corrected chi connectivity index (χ3v) is 3.89. The number of fused-ring (bicyclic) bond motifs is 1. The Morgan fingerprint density at radius 3 is 2.61 bits per heavy atom. The number of carbonyl (C=O) groups excluding carboxylic acids is 1. The molecule has 1 aromatic heterocycles. The summed E-state index contributed by atoms with van der Waals surface area (Å²) in [5.74, 6) is -0.598. The van der Waals surface area contributed by atoms with Gasteiger partial charge in [0, 0.05) is 29.7 Å². The zero-order chi connectivity index (χ0) is 17.0. The summed E-state index contributed by atoms with van der Waals surface area (Å²) in [6.07, 6.45) is 0.271. The highest BCUT2D eigenvalue weighted by Crippen LogP contribution is 2.23. The molecule has 124 valence electrons. The molecule has 5 nitrogen and oxygen atoms in total. The Balaban J connectivity index is 2.18. The van der Waals surface area contributed by atoms with Gasteiger partial charge in [-0.15, -0.1) is 0 Å². The fraction of sp³-hybridized carbons (Fsp3) is 0.444. The van der Waals surface area contributed by atoms with E-state index in [2.05, 4.69) is 4.98 Å². The summed E-state index contributed by atoms with van der Waals surface area (Å²) in [5, 5.41) is 9.93. The topological polar surface area (TPSA) is 73.4 Å². The van der Waals surface area contributed by atoms with Gasteiger partial charge < -0.3 is 15.0 Å². The molecular weight excluding hydrogens is 292 g/mol. The van der Waals surface area contributed by atoms with Crippen LogP contribution in [0.15, 0.2) is 24.3 Å². The van der Waals surface area contributed by atoms with E-state index in [1.54, 1.807) is 4.90 Å². The molecule has 1 aromatic carbocycles. The fourth-order valence-corrected chi connectivity index (χ4v) is 2.81. The van der Waals surface area contributed by atoms with Gasteiger partial charge in [-0.05, 0) is 24.5 Å². The number of H-pyrrole nitrogens is 1. The number of hydrogen-bond donors (Lipinski definition) is 2. The number of nitrogens with one attached hydrogen (secondary N) is 1. The van der Waals surface area contributed by atoms with Crippen LogP contribution in [0.25, 0.3) is 10.9 Å². The van der Waals surface area contributed by atoms with Gasteiger partial charge in [0.15, 0.2) is 0 Å². The van der Waals surface area contributed by atoms with E-state index in [9.17, 15) is 9.59 Å². The molecule has 0 saturated heterocycles. The highest BCUT2D eigenvalue weighted by Gasteiger charge is 2.19. The zero-order valence-corrected chi connectivity index (χ0v) is 13.9. The Kier molecular flexibility index (Phi) is 5.42. The Bertz CT molecular complexity index is 703. The van der Waals surface area contributed by atoms with E-state index in [-0.39, 0.29) is 18.9 Å². The largest absolute Gasteiger partial charge is 0.481 e. The van der Waals surface area contributed by atoms with E-state index < -0.39 is 5.97 Å². The van der Waals surface area contributed by atoms with Crippen LogP contribution in [0.2, 0.25) is 0 Å². The van der Waals surface area contributed by atoms with Crippen molar-refractivity contribution in [3.8, 4) is 0 Å². The van der Waals surface area contributed by atoms with E-state index in [4.69, 9.17) is 5.11 Å². The number of aliphatic carboxylic acids is 1. The molecule has 2 rings (SSSR count). The molecule has 0 bridgehead atoms. The first-order chi connectivity index (χ1) is 10.9. The van der Waals surface area contributed by atoms with Gasteiger partial charge in [0.05, 0.1) is 12.8 Å². The van der Waals surface area contributed by atoms with Gasteiger partial charge in [0.2, 0.25) is 5.91 Å². The van der Waals surface area contributed by atoms with Gasteiger partial charge in [-0.25, -0.2) is 0 Å².